The number of anilines is 1. The van der Waals surface area contributed by atoms with Gasteiger partial charge in [-0.05, 0) is 54.1 Å². The van der Waals surface area contributed by atoms with Crippen molar-refractivity contribution in [2.24, 2.45) is 5.92 Å². The van der Waals surface area contributed by atoms with E-state index in [0.717, 1.165) is 10.4 Å². The normalized spacial score (nSPS) is 14.3. The van der Waals surface area contributed by atoms with Gasteiger partial charge >= 0.3 is 0 Å². The smallest absolute Gasteiger partial charge is 0.291 e. The number of benzene rings is 1. The van der Waals surface area contributed by atoms with Crippen LogP contribution < -0.4 is 10.6 Å². The summed E-state index contributed by atoms with van der Waals surface area (Å²) in [4.78, 5) is 39.5. The molecule has 0 radical (unpaired) electrons. The van der Waals surface area contributed by atoms with Gasteiger partial charge in [0, 0.05) is 31.2 Å². The lowest BCUT2D eigenvalue weighted by molar-refractivity contribution is -0.126. The number of nitrogens with one attached hydrogen (secondary N) is 2. The van der Waals surface area contributed by atoms with Crippen molar-refractivity contribution in [1.82, 2.24) is 10.2 Å². The Morgan fingerprint density at radius 1 is 1.03 bits per heavy atom. The summed E-state index contributed by atoms with van der Waals surface area (Å²) < 4.78 is 5.07. The number of piperidine rings is 1. The fourth-order valence-corrected chi connectivity index (χ4v) is 4.23. The minimum Gasteiger partial charge on any atom is -0.459 e. The Labute approximate surface area is 184 Å². The van der Waals surface area contributed by atoms with Gasteiger partial charge in [0.2, 0.25) is 5.91 Å². The minimum atomic E-state index is -0.310. The monoisotopic (exact) mass is 437 g/mol. The highest BCUT2D eigenvalue weighted by molar-refractivity contribution is 7.12. The van der Waals surface area contributed by atoms with Crippen LogP contribution in [0.15, 0.2) is 64.6 Å². The summed E-state index contributed by atoms with van der Waals surface area (Å²) in [5, 5.41) is 7.64. The number of carbonyl (C=O) groups excluding carboxylic acids is 3. The number of nitrogens with zero attached hydrogens (tertiary/aromatic N) is 1. The summed E-state index contributed by atoms with van der Waals surface area (Å²) in [6.45, 7) is 1.61. The maximum Gasteiger partial charge on any atom is 0.291 e. The number of hydrogen-bond donors (Lipinski definition) is 2. The fraction of sp³-hybridized carbons (Fsp3) is 0.261. The molecule has 0 saturated carbocycles. The Morgan fingerprint density at radius 3 is 2.45 bits per heavy atom. The maximum atomic E-state index is 12.5. The molecular formula is C23H23N3O4S. The first-order valence-electron chi connectivity index (χ1n) is 10.1. The molecule has 0 atom stereocenters. The van der Waals surface area contributed by atoms with Crippen LogP contribution in [0.3, 0.4) is 0 Å². The lowest BCUT2D eigenvalue weighted by Gasteiger charge is -2.31. The number of amides is 3. The second kappa shape index (κ2) is 9.61. The molecule has 2 N–H and O–H groups in total. The van der Waals surface area contributed by atoms with Gasteiger partial charge in [0.05, 0.1) is 11.1 Å². The molecule has 31 heavy (non-hydrogen) atoms. The quantitative estimate of drug-likeness (QED) is 0.614. The van der Waals surface area contributed by atoms with Crippen LogP contribution >= 0.6 is 11.3 Å². The predicted octanol–water partition coefficient (Wildman–Crippen LogP) is 3.76. The van der Waals surface area contributed by atoms with E-state index in [1.807, 2.05) is 34.5 Å². The van der Waals surface area contributed by atoms with E-state index in [0.29, 0.717) is 38.2 Å². The Balaban J connectivity index is 1.22. The van der Waals surface area contributed by atoms with Crippen LogP contribution in [0.25, 0.3) is 0 Å². The lowest BCUT2D eigenvalue weighted by atomic mass is 9.95. The average molecular weight is 438 g/mol. The van der Waals surface area contributed by atoms with Crippen LogP contribution in [-0.2, 0) is 11.3 Å². The molecule has 8 heteroatoms. The van der Waals surface area contributed by atoms with Gasteiger partial charge < -0.3 is 20.0 Å². The van der Waals surface area contributed by atoms with Crippen LogP contribution in [0.4, 0.5) is 5.69 Å². The van der Waals surface area contributed by atoms with E-state index >= 15 is 0 Å². The highest BCUT2D eigenvalue weighted by Gasteiger charge is 2.28. The van der Waals surface area contributed by atoms with Gasteiger partial charge in [0.1, 0.15) is 0 Å². The Hall–Kier alpha value is -3.39. The molecule has 4 rings (SSSR count). The molecule has 3 amide bonds. The van der Waals surface area contributed by atoms with Crippen molar-refractivity contribution in [3.8, 4) is 0 Å². The van der Waals surface area contributed by atoms with Crippen LogP contribution in [0.2, 0.25) is 0 Å². The van der Waals surface area contributed by atoms with E-state index in [1.165, 1.54) is 17.6 Å². The Bertz CT molecular complexity index is 1020. The zero-order valence-corrected chi connectivity index (χ0v) is 17.7. The van der Waals surface area contributed by atoms with E-state index in [-0.39, 0.29) is 29.4 Å². The van der Waals surface area contributed by atoms with Gasteiger partial charge in [0.15, 0.2) is 5.76 Å². The number of thiophene rings is 1. The number of hydrogen-bond acceptors (Lipinski definition) is 5. The highest BCUT2D eigenvalue weighted by atomic mass is 32.1. The summed E-state index contributed by atoms with van der Waals surface area (Å²) >= 11 is 1.44. The van der Waals surface area contributed by atoms with Gasteiger partial charge in [-0.15, -0.1) is 11.3 Å². The molecule has 160 valence electrons. The van der Waals surface area contributed by atoms with E-state index in [4.69, 9.17) is 4.42 Å². The minimum absolute atomic E-state index is 0.0124. The molecule has 0 bridgehead atoms. The van der Waals surface area contributed by atoms with Crippen LogP contribution in [-0.4, -0.2) is 35.7 Å². The molecule has 1 saturated heterocycles. The largest absolute Gasteiger partial charge is 0.459 e. The number of carbonyl (C=O) groups is 3. The molecule has 1 aromatic carbocycles. The van der Waals surface area contributed by atoms with Crippen molar-refractivity contribution < 1.29 is 18.8 Å². The topological polar surface area (TPSA) is 91.7 Å². The second-order valence-electron chi connectivity index (χ2n) is 7.39. The standard InChI is InChI=1S/C23H23N3O4S/c27-21(17-9-11-26(12-10-17)23(29)20-4-2-14-31-20)24-15-16-5-7-18(8-6-16)25-22(28)19-3-1-13-30-19/h1-8,13-14,17H,9-12,15H2,(H,24,27)(H,25,28). The van der Waals surface area contributed by atoms with Crippen molar-refractivity contribution in [3.63, 3.8) is 0 Å². The number of likely N-dealkylation sites (tertiary alicyclic amines) is 1. The Morgan fingerprint density at radius 2 is 1.81 bits per heavy atom. The maximum absolute atomic E-state index is 12.5. The van der Waals surface area contributed by atoms with E-state index in [1.54, 1.807) is 24.3 Å². The number of furan rings is 1. The van der Waals surface area contributed by atoms with Crippen molar-refractivity contribution in [2.45, 2.75) is 19.4 Å². The molecule has 0 aliphatic carbocycles. The molecular weight excluding hydrogens is 414 g/mol. The molecule has 0 unspecified atom stereocenters. The van der Waals surface area contributed by atoms with E-state index < -0.39 is 0 Å². The van der Waals surface area contributed by atoms with Crippen LogP contribution in [0.1, 0.15) is 38.6 Å². The molecule has 1 fully saturated rings. The molecule has 7 nitrogen and oxygen atoms in total. The van der Waals surface area contributed by atoms with E-state index in [9.17, 15) is 14.4 Å². The molecule has 0 spiro atoms. The average Bonchev–Trinajstić information content (AvgIpc) is 3.53. The summed E-state index contributed by atoms with van der Waals surface area (Å²) in [5.74, 6) is -0.0832. The summed E-state index contributed by atoms with van der Waals surface area (Å²) in [5.41, 5.74) is 1.59. The second-order valence-corrected chi connectivity index (χ2v) is 8.34. The molecule has 3 heterocycles. The summed E-state index contributed by atoms with van der Waals surface area (Å²) in [6, 6.07) is 14.3. The third-order valence-corrected chi connectivity index (χ3v) is 6.17. The number of rotatable bonds is 6. The summed E-state index contributed by atoms with van der Waals surface area (Å²) in [6.07, 6.45) is 2.79. The van der Waals surface area contributed by atoms with Gasteiger partial charge in [-0.2, -0.15) is 0 Å². The van der Waals surface area contributed by atoms with Crippen molar-refractivity contribution >= 4 is 34.7 Å². The third kappa shape index (κ3) is 5.21. The van der Waals surface area contributed by atoms with E-state index in [2.05, 4.69) is 10.6 Å². The van der Waals surface area contributed by atoms with Gasteiger partial charge in [-0.3, -0.25) is 14.4 Å². The molecule has 2 aromatic heterocycles. The molecule has 1 aliphatic heterocycles. The lowest BCUT2D eigenvalue weighted by Crippen LogP contribution is -2.42. The van der Waals surface area contributed by atoms with Crippen LogP contribution in [0, 0.1) is 5.92 Å². The predicted molar refractivity (Wildman–Crippen MR) is 118 cm³/mol. The first-order valence-corrected chi connectivity index (χ1v) is 11.0. The molecule has 1 aliphatic rings. The fourth-order valence-electron chi connectivity index (χ4n) is 3.54. The van der Waals surface area contributed by atoms with Gasteiger partial charge in [0.25, 0.3) is 11.8 Å². The zero-order chi connectivity index (χ0) is 21.6. The van der Waals surface area contributed by atoms with Crippen molar-refractivity contribution in [3.05, 3.63) is 76.4 Å². The van der Waals surface area contributed by atoms with Gasteiger partial charge in [-0.25, -0.2) is 0 Å². The highest BCUT2D eigenvalue weighted by Crippen LogP contribution is 2.21. The van der Waals surface area contributed by atoms with Crippen molar-refractivity contribution in [2.75, 3.05) is 18.4 Å². The summed E-state index contributed by atoms with van der Waals surface area (Å²) in [7, 11) is 0. The van der Waals surface area contributed by atoms with Crippen molar-refractivity contribution in [1.29, 1.82) is 0 Å². The zero-order valence-electron chi connectivity index (χ0n) is 16.9. The third-order valence-electron chi connectivity index (χ3n) is 5.31. The first kappa shape index (κ1) is 20.9. The van der Waals surface area contributed by atoms with Gasteiger partial charge in [-0.1, -0.05) is 18.2 Å². The van der Waals surface area contributed by atoms with Crippen LogP contribution in [0.5, 0.6) is 0 Å². The SMILES string of the molecule is O=C(Nc1ccc(CNC(=O)C2CCN(C(=O)c3cccs3)CC2)cc1)c1ccco1. The Kier molecular flexibility index (Phi) is 6.47. The first-order chi connectivity index (χ1) is 15.1. The molecule has 3 aromatic rings.